The minimum Gasteiger partial charge on any atom is -0.468 e. The van der Waals surface area contributed by atoms with Crippen molar-refractivity contribution in [2.45, 2.75) is 45.8 Å². The average Bonchev–Trinajstić information content (AvgIpc) is 2.73. The molecular weight excluding hydrogens is 216 g/mol. The lowest BCUT2D eigenvalue weighted by Crippen LogP contribution is -2.47. The molecule has 4 heteroatoms. The van der Waals surface area contributed by atoms with Gasteiger partial charge in [-0.15, -0.1) is 0 Å². The molecule has 0 aromatic carbocycles. The van der Waals surface area contributed by atoms with E-state index >= 15 is 0 Å². The molecule has 1 N–H and O–H groups in total. The lowest BCUT2D eigenvalue weighted by molar-refractivity contribution is -0.147. The van der Waals surface area contributed by atoms with Crippen LogP contribution in [-0.2, 0) is 22.6 Å². The first kappa shape index (κ1) is 13.8. The Balaban J connectivity index is 2.60. The number of hydrogen-bond donors (Lipinski definition) is 1. The van der Waals surface area contributed by atoms with Crippen LogP contribution in [0.3, 0.4) is 0 Å². The van der Waals surface area contributed by atoms with Gasteiger partial charge in [0, 0.05) is 25.0 Å². The number of aryl methyl sites for hydroxylation is 1. The molecule has 0 unspecified atom stereocenters. The number of methoxy groups -OCH3 is 1. The summed E-state index contributed by atoms with van der Waals surface area (Å²) in [5.74, 6) is -0.244. The summed E-state index contributed by atoms with van der Waals surface area (Å²) < 4.78 is 6.95. The fourth-order valence-electron chi connectivity index (χ4n) is 1.71. The second-order valence-electron chi connectivity index (χ2n) is 4.66. The van der Waals surface area contributed by atoms with Gasteiger partial charge in [-0.2, -0.15) is 0 Å². The van der Waals surface area contributed by atoms with Crippen molar-refractivity contribution < 1.29 is 9.53 Å². The molecule has 1 aromatic rings. The van der Waals surface area contributed by atoms with E-state index in [1.807, 2.05) is 19.9 Å². The number of esters is 1. The van der Waals surface area contributed by atoms with E-state index in [0.29, 0.717) is 6.54 Å². The van der Waals surface area contributed by atoms with Crippen LogP contribution in [0.4, 0.5) is 0 Å². The fourth-order valence-corrected chi connectivity index (χ4v) is 1.71. The summed E-state index contributed by atoms with van der Waals surface area (Å²) in [6.07, 6.45) is 3.16. The highest BCUT2D eigenvalue weighted by Crippen LogP contribution is 2.09. The number of nitrogens with one attached hydrogen (secondary N) is 1. The van der Waals surface area contributed by atoms with Crippen LogP contribution in [0.5, 0.6) is 0 Å². The molecule has 0 atom stereocenters. The molecule has 0 aliphatic carbocycles. The second-order valence-corrected chi connectivity index (χ2v) is 4.66. The minimum absolute atomic E-state index is 0.244. The lowest BCUT2D eigenvalue weighted by atomic mass is 10.1. The molecule has 0 fully saturated rings. The quantitative estimate of drug-likeness (QED) is 0.770. The number of aromatic nitrogens is 1. The topological polar surface area (TPSA) is 43.3 Å². The Bertz CT molecular complexity index is 369. The summed E-state index contributed by atoms with van der Waals surface area (Å²) in [4.78, 5) is 11.5. The van der Waals surface area contributed by atoms with Crippen molar-refractivity contribution in [3.63, 3.8) is 0 Å². The molecule has 0 saturated carbocycles. The molecule has 17 heavy (non-hydrogen) atoms. The number of hydrogen-bond acceptors (Lipinski definition) is 3. The molecule has 1 aromatic heterocycles. The maximum Gasteiger partial charge on any atom is 0.325 e. The first-order valence-corrected chi connectivity index (χ1v) is 5.98. The summed E-state index contributed by atoms with van der Waals surface area (Å²) in [5.41, 5.74) is 0.527. The van der Waals surface area contributed by atoms with E-state index in [1.165, 1.54) is 12.8 Å². The van der Waals surface area contributed by atoms with E-state index in [2.05, 4.69) is 29.1 Å². The molecule has 0 amide bonds. The Kier molecular flexibility index (Phi) is 4.75. The van der Waals surface area contributed by atoms with Gasteiger partial charge in [-0.05, 0) is 32.4 Å². The summed E-state index contributed by atoms with van der Waals surface area (Å²) in [6, 6.07) is 4.09. The standard InChI is InChI=1S/C13H22N2O2/c1-5-8-15-9-6-7-11(15)10-14-13(2,3)12(16)17-4/h6-7,9,14H,5,8,10H2,1-4H3. The van der Waals surface area contributed by atoms with Crippen molar-refractivity contribution in [2.75, 3.05) is 7.11 Å². The fraction of sp³-hybridized carbons (Fsp3) is 0.615. The Morgan fingerprint density at radius 1 is 1.53 bits per heavy atom. The third kappa shape index (κ3) is 3.60. The van der Waals surface area contributed by atoms with E-state index in [4.69, 9.17) is 4.74 Å². The van der Waals surface area contributed by atoms with E-state index in [-0.39, 0.29) is 5.97 Å². The number of nitrogens with zero attached hydrogens (tertiary/aromatic N) is 1. The van der Waals surface area contributed by atoms with Crippen molar-refractivity contribution >= 4 is 5.97 Å². The number of carbonyl (C=O) groups excluding carboxylic acids is 1. The Morgan fingerprint density at radius 3 is 2.82 bits per heavy atom. The molecule has 0 spiro atoms. The van der Waals surface area contributed by atoms with Crippen molar-refractivity contribution in [1.82, 2.24) is 9.88 Å². The second kappa shape index (κ2) is 5.87. The third-order valence-corrected chi connectivity index (χ3v) is 2.80. The van der Waals surface area contributed by atoms with Gasteiger partial charge >= 0.3 is 5.97 Å². The third-order valence-electron chi connectivity index (χ3n) is 2.80. The monoisotopic (exact) mass is 238 g/mol. The number of carbonyl (C=O) groups is 1. The molecule has 0 aliphatic heterocycles. The zero-order valence-corrected chi connectivity index (χ0v) is 11.1. The largest absolute Gasteiger partial charge is 0.468 e. The van der Waals surface area contributed by atoms with Crippen molar-refractivity contribution in [3.8, 4) is 0 Å². The Labute approximate surface area is 103 Å². The van der Waals surface area contributed by atoms with Crippen LogP contribution < -0.4 is 5.32 Å². The predicted octanol–water partition coefficient (Wildman–Crippen LogP) is 1.94. The highest BCUT2D eigenvalue weighted by Gasteiger charge is 2.27. The molecule has 1 rings (SSSR count). The molecule has 1 heterocycles. The van der Waals surface area contributed by atoms with Gasteiger partial charge in [0.15, 0.2) is 0 Å². The molecule has 0 radical (unpaired) electrons. The van der Waals surface area contributed by atoms with Gasteiger partial charge in [-0.3, -0.25) is 10.1 Å². The molecule has 0 bridgehead atoms. The van der Waals surface area contributed by atoms with Gasteiger partial charge in [-0.25, -0.2) is 0 Å². The maximum atomic E-state index is 11.5. The van der Waals surface area contributed by atoms with Crippen molar-refractivity contribution in [1.29, 1.82) is 0 Å². The highest BCUT2D eigenvalue weighted by atomic mass is 16.5. The maximum absolute atomic E-state index is 11.5. The van der Waals surface area contributed by atoms with Crippen LogP contribution in [0.15, 0.2) is 18.3 Å². The van der Waals surface area contributed by atoms with E-state index in [1.54, 1.807) is 0 Å². The SMILES string of the molecule is CCCn1cccc1CNC(C)(C)C(=O)OC. The van der Waals surface area contributed by atoms with Crippen LogP contribution in [0.1, 0.15) is 32.9 Å². The summed E-state index contributed by atoms with van der Waals surface area (Å²) >= 11 is 0. The number of rotatable bonds is 6. The minimum atomic E-state index is -0.657. The van der Waals surface area contributed by atoms with Crippen LogP contribution in [0.25, 0.3) is 0 Å². The van der Waals surface area contributed by atoms with Crippen molar-refractivity contribution in [2.24, 2.45) is 0 Å². The Hall–Kier alpha value is -1.29. The smallest absolute Gasteiger partial charge is 0.325 e. The van der Waals surface area contributed by atoms with Gasteiger partial charge in [0.25, 0.3) is 0 Å². The molecule has 0 saturated heterocycles. The zero-order valence-electron chi connectivity index (χ0n) is 11.1. The lowest BCUT2D eigenvalue weighted by Gasteiger charge is -2.23. The van der Waals surface area contributed by atoms with Gasteiger partial charge in [-0.1, -0.05) is 6.92 Å². The van der Waals surface area contributed by atoms with E-state index in [9.17, 15) is 4.79 Å². The molecule has 0 aliphatic rings. The van der Waals surface area contributed by atoms with Gasteiger partial charge in [0.1, 0.15) is 5.54 Å². The predicted molar refractivity (Wildman–Crippen MR) is 67.7 cm³/mol. The van der Waals surface area contributed by atoms with Gasteiger partial charge < -0.3 is 9.30 Å². The van der Waals surface area contributed by atoms with Crippen LogP contribution in [0, 0.1) is 0 Å². The van der Waals surface area contributed by atoms with Crippen LogP contribution >= 0.6 is 0 Å². The van der Waals surface area contributed by atoms with Crippen LogP contribution in [0.2, 0.25) is 0 Å². The van der Waals surface area contributed by atoms with Gasteiger partial charge in [0.05, 0.1) is 7.11 Å². The summed E-state index contributed by atoms with van der Waals surface area (Å²) in [7, 11) is 1.41. The normalized spacial score (nSPS) is 11.5. The molecular formula is C13H22N2O2. The highest BCUT2D eigenvalue weighted by molar-refractivity contribution is 5.79. The first-order valence-electron chi connectivity index (χ1n) is 5.98. The first-order chi connectivity index (χ1) is 8.01. The summed E-state index contributed by atoms with van der Waals surface area (Å²) in [5, 5.41) is 3.22. The molecule has 4 nitrogen and oxygen atoms in total. The van der Waals surface area contributed by atoms with E-state index < -0.39 is 5.54 Å². The summed E-state index contributed by atoms with van der Waals surface area (Å²) in [6.45, 7) is 7.46. The van der Waals surface area contributed by atoms with Crippen LogP contribution in [-0.4, -0.2) is 23.2 Å². The van der Waals surface area contributed by atoms with E-state index in [0.717, 1.165) is 13.0 Å². The average molecular weight is 238 g/mol. The number of ether oxygens (including phenoxy) is 1. The Morgan fingerprint density at radius 2 is 2.24 bits per heavy atom. The zero-order chi connectivity index (χ0) is 12.9. The van der Waals surface area contributed by atoms with Crippen molar-refractivity contribution in [3.05, 3.63) is 24.0 Å². The van der Waals surface area contributed by atoms with Gasteiger partial charge in [0.2, 0.25) is 0 Å². The molecule has 96 valence electrons.